The highest BCUT2D eigenvalue weighted by Crippen LogP contribution is 2.33. The van der Waals surface area contributed by atoms with Crippen LogP contribution in [-0.2, 0) is 4.74 Å². The molecule has 134 valence electrons. The lowest BCUT2D eigenvalue weighted by Gasteiger charge is -2.30. The van der Waals surface area contributed by atoms with E-state index in [4.69, 9.17) is 9.47 Å². The van der Waals surface area contributed by atoms with Crippen molar-refractivity contribution in [2.75, 3.05) is 43.6 Å². The van der Waals surface area contributed by atoms with Gasteiger partial charge in [-0.15, -0.1) is 0 Å². The minimum atomic E-state index is 0.745. The molecule has 3 aromatic rings. The standard InChI is InChI=1S/C19H19IN4O2/c1-25-18-11-14(3-5-17(18)24-6-8-26-9-7-24)23-19-15-10-13(20)2-4-16(15)21-12-22-19/h2-5,10-12H,6-9H2,1H3,(H,21,22,23). The first-order valence-corrected chi connectivity index (χ1v) is 9.50. The first-order valence-electron chi connectivity index (χ1n) is 8.42. The molecule has 1 aliphatic rings. The van der Waals surface area contributed by atoms with E-state index >= 15 is 0 Å². The number of aromatic nitrogens is 2. The summed E-state index contributed by atoms with van der Waals surface area (Å²) in [5.74, 6) is 1.62. The molecule has 1 saturated heterocycles. The van der Waals surface area contributed by atoms with Crippen molar-refractivity contribution < 1.29 is 9.47 Å². The molecule has 0 radical (unpaired) electrons. The number of rotatable bonds is 4. The Kier molecular flexibility index (Phi) is 5.07. The Morgan fingerprint density at radius 2 is 1.96 bits per heavy atom. The molecule has 6 nitrogen and oxygen atoms in total. The fourth-order valence-corrected chi connectivity index (χ4v) is 3.58. The molecule has 7 heteroatoms. The third-order valence-electron chi connectivity index (χ3n) is 4.39. The van der Waals surface area contributed by atoms with Crippen LogP contribution in [0.15, 0.2) is 42.7 Å². The molecular formula is C19H19IN4O2. The van der Waals surface area contributed by atoms with Gasteiger partial charge in [-0.3, -0.25) is 0 Å². The Morgan fingerprint density at radius 1 is 1.12 bits per heavy atom. The maximum atomic E-state index is 5.63. The van der Waals surface area contributed by atoms with Crippen LogP contribution < -0.4 is 15.0 Å². The van der Waals surface area contributed by atoms with Crippen molar-refractivity contribution in [2.45, 2.75) is 0 Å². The number of anilines is 3. The first kappa shape index (κ1) is 17.3. The zero-order chi connectivity index (χ0) is 17.9. The van der Waals surface area contributed by atoms with Gasteiger partial charge >= 0.3 is 0 Å². The fraction of sp³-hybridized carbons (Fsp3) is 0.263. The number of hydrogen-bond acceptors (Lipinski definition) is 6. The number of fused-ring (bicyclic) bond motifs is 1. The summed E-state index contributed by atoms with van der Waals surface area (Å²) in [7, 11) is 1.70. The number of nitrogens with one attached hydrogen (secondary N) is 1. The SMILES string of the molecule is COc1cc(Nc2ncnc3ccc(I)cc23)ccc1N1CCOCC1. The minimum Gasteiger partial charge on any atom is -0.495 e. The van der Waals surface area contributed by atoms with Gasteiger partial charge in [0.15, 0.2) is 0 Å². The second-order valence-electron chi connectivity index (χ2n) is 5.99. The van der Waals surface area contributed by atoms with Crippen LogP contribution in [0.2, 0.25) is 0 Å². The molecule has 0 amide bonds. The predicted octanol–water partition coefficient (Wildman–Crippen LogP) is 3.82. The maximum absolute atomic E-state index is 5.63. The van der Waals surface area contributed by atoms with E-state index in [9.17, 15) is 0 Å². The number of ether oxygens (including phenoxy) is 2. The highest BCUT2D eigenvalue weighted by molar-refractivity contribution is 14.1. The molecule has 1 fully saturated rings. The van der Waals surface area contributed by atoms with Gasteiger partial charge < -0.3 is 19.7 Å². The molecule has 1 aromatic heterocycles. The third kappa shape index (κ3) is 3.54. The first-order chi connectivity index (χ1) is 12.7. The van der Waals surface area contributed by atoms with Gasteiger partial charge in [0.1, 0.15) is 17.9 Å². The number of nitrogens with zero attached hydrogens (tertiary/aromatic N) is 3. The second kappa shape index (κ2) is 7.63. The van der Waals surface area contributed by atoms with E-state index in [1.54, 1.807) is 13.4 Å². The van der Waals surface area contributed by atoms with E-state index in [1.165, 1.54) is 0 Å². The van der Waals surface area contributed by atoms with E-state index in [1.807, 2.05) is 18.2 Å². The van der Waals surface area contributed by atoms with Crippen LogP contribution >= 0.6 is 22.6 Å². The third-order valence-corrected chi connectivity index (χ3v) is 5.06. The molecule has 0 bridgehead atoms. The van der Waals surface area contributed by atoms with E-state index in [0.29, 0.717) is 0 Å². The number of hydrogen-bond donors (Lipinski definition) is 1. The quantitative estimate of drug-likeness (QED) is 0.595. The number of halogens is 1. The molecular weight excluding hydrogens is 443 g/mol. The van der Waals surface area contributed by atoms with Crippen LogP contribution in [0.5, 0.6) is 5.75 Å². The molecule has 0 aliphatic carbocycles. The van der Waals surface area contributed by atoms with Gasteiger partial charge in [-0.1, -0.05) is 0 Å². The Morgan fingerprint density at radius 3 is 2.77 bits per heavy atom. The summed E-state index contributed by atoms with van der Waals surface area (Å²) in [6.07, 6.45) is 1.58. The molecule has 0 saturated carbocycles. The Balaban J connectivity index is 1.66. The molecule has 1 N–H and O–H groups in total. The molecule has 4 rings (SSSR count). The summed E-state index contributed by atoms with van der Waals surface area (Å²) >= 11 is 2.30. The molecule has 0 spiro atoms. The summed E-state index contributed by atoms with van der Waals surface area (Å²) in [5, 5.41) is 4.40. The van der Waals surface area contributed by atoms with Crippen LogP contribution in [0, 0.1) is 3.57 Å². The van der Waals surface area contributed by atoms with Crippen molar-refractivity contribution in [3.8, 4) is 5.75 Å². The number of morpholine rings is 1. The van der Waals surface area contributed by atoms with Crippen molar-refractivity contribution in [2.24, 2.45) is 0 Å². The molecule has 1 aliphatic heterocycles. The van der Waals surface area contributed by atoms with Gasteiger partial charge in [-0.05, 0) is 52.9 Å². The molecule has 2 heterocycles. The van der Waals surface area contributed by atoms with E-state index in [-0.39, 0.29) is 0 Å². The normalized spacial score (nSPS) is 14.5. The van der Waals surface area contributed by atoms with Crippen molar-refractivity contribution in [3.63, 3.8) is 0 Å². The van der Waals surface area contributed by atoms with Crippen LogP contribution in [0.4, 0.5) is 17.2 Å². The summed E-state index contributed by atoms with van der Waals surface area (Å²) in [4.78, 5) is 11.0. The average Bonchev–Trinajstić information content (AvgIpc) is 2.69. The van der Waals surface area contributed by atoms with Gasteiger partial charge in [-0.2, -0.15) is 0 Å². The fourth-order valence-electron chi connectivity index (χ4n) is 3.09. The van der Waals surface area contributed by atoms with Gasteiger partial charge in [0, 0.05) is 33.8 Å². The van der Waals surface area contributed by atoms with Gasteiger partial charge in [0.05, 0.1) is 31.5 Å². The molecule has 0 unspecified atom stereocenters. The second-order valence-corrected chi connectivity index (χ2v) is 7.24. The number of methoxy groups -OCH3 is 1. The average molecular weight is 462 g/mol. The van der Waals surface area contributed by atoms with Crippen molar-refractivity contribution >= 4 is 50.7 Å². The van der Waals surface area contributed by atoms with Gasteiger partial charge in [-0.25, -0.2) is 9.97 Å². The zero-order valence-corrected chi connectivity index (χ0v) is 16.6. The largest absolute Gasteiger partial charge is 0.495 e. The van der Waals surface area contributed by atoms with Crippen LogP contribution in [0.3, 0.4) is 0 Å². The Labute approximate surface area is 165 Å². The number of benzene rings is 2. The van der Waals surface area contributed by atoms with Crippen molar-refractivity contribution in [3.05, 3.63) is 46.3 Å². The lowest BCUT2D eigenvalue weighted by Crippen LogP contribution is -2.36. The van der Waals surface area contributed by atoms with Gasteiger partial charge in [0.2, 0.25) is 0 Å². The Bertz CT molecular complexity index is 929. The monoisotopic (exact) mass is 462 g/mol. The van der Waals surface area contributed by atoms with Crippen molar-refractivity contribution in [1.29, 1.82) is 0 Å². The minimum absolute atomic E-state index is 0.745. The molecule has 2 aromatic carbocycles. The smallest absolute Gasteiger partial charge is 0.144 e. The van der Waals surface area contributed by atoms with Crippen molar-refractivity contribution in [1.82, 2.24) is 9.97 Å². The van der Waals surface area contributed by atoms with Gasteiger partial charge in [0.25, 0.3) is 0 Å². The summed E-state index contributed by atoms with van der Waals surface area (Å²) < 4.78 is 12.2. The highest BCUT2D eigenvalue weighted by atomic mass is 127. The lowest BCUT2D eigenvalue weighted by atomic mass is 10.2. The zero-order valence-electron chi connectivity index (χ0n) is 14.4. The summed E-state index contributed by atoms with van der Waals surface area (Å²) in [5.41, 5.74) is 2.93. The van der Waals surface area contributed by atoms with Crippen LogP contribution in [-0.4, -0.2) is 43.4 Å². The van der Waals surface area contributed by atoms with Crippen LogP contribution in [0.25, 0.3) is 10.9 Å². The van der Waals surface area contributed by atoms with E-state index < -0.39 is 0 Å². The predicted molar refractivity (Wildman–Crippen MR) is 112 cm³/mol. The Hall–Kier alpha value is -2.13. The summed E-state index contributed by atoms with van der Waals surface area (Å²) in [6.45, 7) is 3.24. The van der Waals surface area contributed by atoms with E-state index in [0.717, 1.165) is 63.7 Å². The lowest BCUT2D eigenvalue weighted by molar-refractivity contribution is 0.122. The maximum Gasteiger partial charge on any atom is 0.144 e. The van der Waals surface area contributed by atoms with Crippen LogP contribution in [0.1, 0.15) is 0 Å². The molecule has 0 atom stereocenters. The summed E-state index contributed by atoms with van der Waals surface area (Å²) in [6, 6.07) is 12.3. The molecule has 26 heavy (non-hydrogen) atoms. The van der Waals surface area contributed by atoms with E-state index in [2.05, 4.69) is 61.0 Å². The topological polar surface area (TPSA) is 59.5 Å². The highest BCUT2D eigenvalue weighted by Gasteiger charge is 2.16.